The number of hydroxylamine groups is 2. The lowest BCUT2D eigenvalue weighted by atomic mass is 10.2. The fourth-order valence-electron chi connectivity index (χ4n) is 1.81. The Morgan fingerprint density at radius 3 is 2.21 bits per heavy atom. The van der Waals surface area contributed by atoms with Gasteiger partial charge in [0.1, 0.15) is 23.3 Å². The van der Waals surface area contributed by atoms with Crippen LogP contribution in [0.15, 0.2) is 12.2 Å². The van der Waals surface area contributed by atoms with E-state index in [0.29, 0.717) is 0 Å². The monoisotopic (exact) mass is 344 g/mol. The maximum Gasteiger partial charge on any atom is 0.435 e. The van der Waals surface area contributed by atoms with Crippen molar-refractivity contribution >= 4 is 12.2 Å². The van der Waals surface area contributed by atoms with Gasteiger partial charge in [0.05, 0.1) is 13.2 Å². The molecule has 138 valence electrons. The molecular formula is C16H28N2O6. The molecule has 2 N–H and O–H groups in total. The highest BCUT2D eigenvalue weighted by atomic mass is 16.7. The van der Waals surface area contributed by atoms with E-state index >= 15 is 0 Å². The summed E-state index contributed by atoms with van der Waals surface area (Å²) in [6.07, 6.45) is 1.45. The molecule has 0 aliphatic carbocycles. The summed E-state index contributed by atoms with van der Waals surface area (Å²) in [7, 11) is 0. The highest BCUT2D eigenvalue weighted by Gasteiger charge is 2.32. The van der Waals surface area contributed by atoms with Crippen molar-refractivity contribution in [2.45, 2.75) is 64.9 Å². The Bertz CT molecular complexity index is 478. The van der Waals surface area contributed by atoms with Gasteiger partial charge in [0.2, 0.25) is 0 Å². The summed E-state index contributed by atoms with van der Waals surface area (Å²) in [5, 5.41) is 12.9. The number of aliphatic hydroxyl groups is 1. The van der Waals surface area contributed by atoms with Crippen LogP contribution in [0.1, 0.15) is 41.5 Å². The normalized spacial score (nSPS) is 21.4. The SMILES string of the molecule is CC(C)(C)OC(=O)NC[C@H]1C=C[C@@H](CO)N(C(=O)OC(C)(C)C)O1. The number of ether oxygens (including phenoxy) is 2. The molecule has 1 heterocycles. The van der Waals surface area contributed by atoms with Crippen molar-refractivity contribution in [3.05, 3.63) is 12.2 Å². The van der Waals surface area contributed by atoms with Gasteiger partial charge in [0, 0.05) is 0 Å². The lowest BCUT2D eigenvalue weighted by molar-refractivity contribution is -0.193. The number of hydrogen-bond donors (Lipinski definition) is 2. The first kappa shape index (κ1) is 20.2. The molecule has 2 amide bonds. The third-order valence-electron chi connectivity index (χ3n) is 2.71. The van der Waals surface area contributed by atoms with Gasteiger partial charge in [-0.25, -0.2) is 9.59 Å². The van der Waals surface area contributed by atoms with Gasteiger partial charge < -0.3 is 19.9 Å². The predicted octanol–water partition coefficient (Wildman–Crippen LogP) is 1.98. The van der Waals surface area contributed by atoms with Crippen LogP contribution in [-0.2, 0) is 14.3 Å². The minimum Gasteiger partial charge on any atom is -0.444 e. The number of nitrogens with zero attached hydrogens (tertiary/aromatic N) is 1. The van der Waals surface area contributed by atoms with Gasteiger partial charge in [-0.2, -0.15) is 5.06 Å². The molecule has 0 aromatic carbocycles. The fraction of sp³-hybridized carbons (Fsp3) is 0.750. The molecule has 0 saturated carbocycles. The van der Waals surface area contributed by atoms with Gasteiger partial charge in [0.15, 0.2) is 0 Å². The van der Waals surface area contributed by atoms with Gasteiger partial charge in [-0.1, -0.05) is 12.2 Å². The second-order valence-corrected chi connectivity index (χ2v) is 7.47. The van der Waals surface area contributed by atoms with Crippen molar-refractivity contribution in [1.82, 2.24) is 10.4 Å². The Balaban J connectivity index is 2.63. The van der Waals surface area contributed by atoms with Crippen LogP contribution in [-0.4, -0.2) is 58.9 Å². The van der Waals surface area contributed by atoms with Gasteiger partial charge in [-0.15, -0.1) is 0 Å². The van der Waals surface area contributed by atoms with Crippen LogP contribution in [0.2, 0.25) is 0 Å². The predicted molar refractivity (Wildman–Crippen MR) is 87.2 cm³/mol. The van der Waals surface area contributed by atoms with Gasteiger partial charge in [0.25, 0.3) is 0 Å². The lowest BCUT2D eigenvalue weighted by Crippen LogP contribution is -2.50. The van der Waals surface area contributed by atoms with Crippen molar-refractivity contribution in [3.63, 3.8) is 0 Å². The number of aliphatic hydroxyl groups excluding tert-OH is 1. The highest BCUT2D eigenvalue weighted by Crippen LogP contribution is 2.18. The van der Waals surface area contributed by atoms with E-state index in [4.69, 9.17) is 14.3 Å². The van der Waals surface area contributed by atoms with E-state index < -0.39 is 35.5 Å². The van der Waals surface area contributed by atoms with Gasteiger partial charge >= 0.3 is 12.2 Å². The van der Waals surface area contributed by atoms with Gasteiger partial charge in [-0.3, -0.25) is 4.84 Å². The van der Waals surface area contributed by atoms with E-state index in [0.717, 1.165) is 5.06 Å². The van der Waals surface area contributed by atoms with Crippen molar-refractivity contribution in [3.8, 4) is 0 Å². The molecule has 0 aromatic heterocycles. The number of carbonyl (C=O) groups excluding carboxylic acids is 2. The number of rotatable bonds is 3. The van der Waals surface area contributed by atoms with Crippen LogP contribution in [0.4, 0.5) is 9.59 Å². The molecular weight excluding hydrogens is 316 g/mol. The Hall–Kier alpha value is -1.80. The zero-order chi connectivity index (χ0) is 18.5. The molecule has 1 rings (SSSR count). The minimum atomic E-state index is -0.701. The number of hydrogen-bond acceptors (Lipinski definition) is 6. The molecule has 8 heteroatoms. The molecule has 0 saturated heterocycles. The Kier molecular flexibility index (Phi) is 6.62. The first-order valence-electron chi connectivity index (χ1n) is 7.86. The maximum absolute atomic E-state index is 12.2. The van der Waals surface area contributed by atoms with E-state index in [2.05, 4.69) is 5.32 Å². The van der Waals surface area contributed by atoms with E-state index in [-0.39, 0.29) is 13.2 Å². The molecule has 1 aliphatic rings. The number of carbonyl (C=O) groups is 2. The summed E-state index contributed by atoms with van der Waals surface area (Å²) < 4.78 is 10.4. The lowest BCUT2D eigenvalue weighted by Gasteiger charge is -2.35. The standard InChI is InChI=1S/C16H28N2O6/c1-15(2,3)22-13(20)17-9-12-8-7-11(10-19)18(24-12)14(21)23-16(4,5)6/h7-8,11-12,19H,9-10H2,1-6H3,(H,17,20)/t11-,12+/m0/s1. The first-order chi connectivity index (χ1) is 10.9. The number of nitrogens with one attached hydrogen (secondary N) is 1. The van der Waals surface area contributed by atoms with E-state index in [1.807, 2.05) is 0 Å². The molecule has 0 fully saturated rings. The smallest absolute Gasteiger partial charge is 0.435 e. The average Bonchev–Trinajstić information content (AvgIpc) is 2.41. The summed E-state index contributed by atoms with van der Waals surface area (Å²) in [5.41, 5.74) is -1.29. The summed E-state index contributed by atoms with van der Waals surface area (Å²) in [6, 6.07) is -0.641. The molecule has 24 heavy (non-hydrogen) atoms. The van der Waals surface area contributed by atoms with Gasteiger partial charge in [-0.05, 0) is 41.5 Å². The van der Waals surface area contributed by atoms with Crippen LogP contribution in [0.25, 0.3) is 0 Å². The summed E-state index contributed by atoms with van der Waals surface area (Å²) in [6.45, 7) is 10.3. The van der Waals surface area contributed by atoms with Crippen LogP contribution >= 0.6 is 0 Å². The highest BCUT2D eigenvalue weighted by molar-refractivity contribution is 5.68. The van der Waals surface area contributed by atoms with Crippen LogP contribution in [0.3, 0.4) is 0 Å². The summed E-state index contributed by atoms with van der Waals surface area (Å²) >= 11 is 0. The molecule has 0 radical (unpaired) electrons. The molecule has 2 atom stereocenters. The zero-order valence-electron chi connectivity index (χ0n) is 15.2. The summed E-state index contributed by atoms with van der Waals surface area (Å²) in [4.78, 5) is 29.4. The Morgan fingerprint density at radius 2 is 1.71 bits per heavy atom. The maximum atomic E-state index is 12.2. The number of amides is 2. The Labute approximate surface area is 142 Å². The third-order valence-corrected chi connectivity index (χ3v) is 2.71. The largest absolute Gasteiger partial charge is 0.444 e. The van der Waals surface area contributed by atoms with Crippen molar-refractivity contribution in [2.24, 2.45) is 0 Å². The zero-order valence-corrected chi connectivity index (χ0v) is 15.2. The quantitative estimate of drug-likeness (QED) is 0.760. The average molecular weight is 344 g/mol. The third kappa shape index (κ3) is 7.18. The molecule has 0 aromatic rings. The van der Waals surface area contributed by atoms with E-state index in [9.17, 15) is 14.7 Å². The van der Waals surface area contributed by atoms with E-state index in [1.165, 1.54) is 0 Å². The molecule has 0 bridgehead atoms. The van der Waals surface area contributed by atoms with Crippen molar-refractivity contribution in [1.29, 1.82) is 0 Å². The second kappa shape index (κ2) is 7.85. The second-order valence-electron chi connectivity index (χ2n) is 7.47. The molecule has 0 spiro atoms. The summed E-state index contributed by atoms with van der Waals surface area (Å²) in [5.74, 6) is 0. The molecule has 1 aliphatic heterocycles. The van der Waals surface area contributed by atoms with Crippen LogP contribution in [0.5, 0.6) is 0 Å². The first-order valence-corrected chi connectivity index (χ1v) is 7.86. The topological polar surface area (TPSA) is 97.3 Å². The fourth-order valence-corrected chi connectivity index (χ4v) is 1.81. The van der Waals surface area contributed by atoms with Crippen molar-refractivity contribution in [2.75, 3.05) is 13.2 Å². The van der Waals surface area contributed by atoms with Crippen LogP contribution in [0, 0.1) is 0 Å². The number of alkyl carbamates (subject to hydrolysis) is 1. The Morgan fingerprint density at radius 1 is 1.12 bits per heavy atom. The molecule has 8 nitrogen and oxygen atoms in total. The minimum absolute atomic E-state index is 0.114. The van der Waals surface area contributed by atoms with Crippen LogP contribution < -0.4 is 5.32 Å². The van der Waals surface area contributed by atoms with Crippen molar-refractivity contribution < 1.29 is 29.0 Å². The molecule has 0 unspecified atom stereocenters. The van der Waals surface area contributed by atoms with E-state index in [1.54, 1.807) is 53.7 Å².